The molecule has 0 radical (unpaired) electrons. The van der Waals surface area contributed by atoms with Gasteiger partial charge in [0.25, 0.3) is 0 Å². The molecule has 0 heterocycles. The first kappa shape index (κ1) is 25.0. The van der Waals surface area contributed by atoms with E-state index in [2.05, 4.69) is 23.3 Å². The Balaban J connectivity index is 2.20. The van der Waals surface area contributed by atoms with E-state index < -0.39 is 13.2 Å². The molecule has 0 aromatic heterocycles. The van der Waals surface area contributed by atoms with Crippen molar-refractivity contribution in [3.63, 3.8) is 0 Å². The molecule has 2 aromatic rings. The van der Waals surface area contributed by atoms with Crippen molar-refractivity contribution >= 4 is 0 Å². The molecule has 3 nitrogen and oxygen atoms in total. The predicted molar refractivity (Wildman–Crippen MR) is 112 cm³/mol. The standard InChI is InChI=1S/C24H30F4O3/c1-3-5-7-21(17-9-13-19(14-10-17)29-23(25)26)31-22(8-6-4-2)18-11-15-20(16-12-18)30-24(27)28/h9-16,21-24H,3-8H2,1-2H3. The lowest BCUT2D eigenvalue weighted by Crippen LogP contribution is -2.12. The maximum Gasteiger partial charge on any atom is 0.387 e. The number of hydrogen-bond donors (Lipinski definition) is 0. The van der Waals surface area contributed by atoms with Gasteiger partial charge in [-0.1, -0.05) is 63.8 Å². The largest absolute Gasteiger partial charge is 0.435 e. The van der Waals surface area contributed by atoms with E-state index in [1.54, 1.807) is 24.3 Å². The molecule has 2 rings (SSSR count). The van der Waals surface area contributed by atoms with Gasteiger partial charge in [-0.3, -0.25) is 0 Å². The number of alkyl halides is 4. The lowest BCUT2D eigenvalue weighted by atomic mass is 10.00. The van der Waals surface area contributed by atoms with Crippen LogP contribution >= 0.6 is 0 Å². The normalized spacial score (nSPS) is 13.4. The van der Waals surface area contributed by atoms with E-state index in [-0.39, 0.29) is 23.7 Å². The summed E-state index contributed by atoms with van der Waals surface area (Å²) in [4.78, 5) is 0. The van der Waals surface area contributed by atoms with Crippen LogP contribution in [-0.2, 0) is 4.74 Å². The molecular formula is C24H30F4O3. The van der Waals surface area contributed by atoms with Crippen LogP contribution in [0.4, 0.5) is 17.6 Å². The van der Waals surface area contributed by atoms with Crippen LogP contribution in [0, 0.1) is 0 Å². The van der Waals surface area contributed by atoms with E-state index in [1.807, 2.05) is 0 Å². The van der Waals surface area contributed by atoms with Gasteiger partial charge in [-0.25, -0.2) is 0 Å². The van der Waals surface area contributed by atoms with Crippen molar-refractivity contribution in [2.45, 2.75) is 77.8 Å². The summed E-state index contributed by atoms with van der Waals surface area (Å²) in [5.41, 5.74) is 1.77. The van der Waals surface area contributed by atoms with Crippen LogP contribution in [0.2, 0.25) is 0 Å². The second-order valence-corrected chi connectivity index (χ2v) is 7.29. The van der Waals surface area contributed by atoms with Gasteiger partial charge in [0.2, 0.25) is 0 Å². The summed E-state index contributed by atoms with van der Waals surface area (Å²) in [5.74, 6) is 0.204. The Bertz CT molecular complexity index is 672. The highest BCUT2D eigenvalue weighted by molar-refractivity contribution is 5.30. The lowest BCUT2D eigenvalue weighted by Gasteiger charge is -2.26. The topological polar surface area (TPSA) is 27.7 Å². The Kier molecular flexibility index (Phi) is 10.6. The molecule has 2 aromatic carbocycles. The minimum atomic E-state index is -2.87. The highest BCUT2D eigenvalue weighted by atomic mass is 19.3. The first-order valence-electron chi connectivity index (χ1n) is 10.7. The average Bonchev–Trinajstić information content (AvgIpc) is 2.74. The SMILES string of the molecule is CCCCC(OC(CCCC)c1ccc(OC(F)F)cc1)c1ccc(OC(F)F)cc1. The van der Waals surface area contributed by atoms with Gasteiger partial charge in [-0.2, -0.15) is 17.6 Å². The third kappa shape index (κ3) is 8.77. The van der Waals surface area contributed by atoms with Crippen LogP contribution in [0.25, 0.3) is 0 Å². The van der Waals surface area contributed by atoms with Crippen molar-refractivity contribution in [3.05, 3.63) is 59.7 Å². The van der Waals surface area contributed by atoms with Crippen LogP contribution in [0.1, 0.15) is 75.7 Å². The van der Waals surface area contributed by atoms with E-state index in [0.29, 0.717) is 0 Å². The summed E-state index contributed by atoms with van der Waals surface area (Å²) in [6.45, 7) is -1.55. The second kappa shape index (κ2) is 13.2. The zero-order chi connectivity index (χ0) is 22.6. The van der Waals surface area contributed by atoms with Crippen molar-refractivity contribution in [2.24, 2.45) is 0 Å². The van der Waals surface area contributed by atoms with E-state index in [1.165, 1.54) is 24.3 Å². The Hall–Kier alpha value is -2.28. The third-order valence-electron chi connectivity index (χ3n) is 4.92. The average molecular weight is 442 g/mol. The first-order valence-corrected chi connectivity index (χ1v) is 10.7. The molecule has 0 saturated heterocycles. The number of unbranched alkanes of at least 4 members (excludes halogenated alkanes) is 2. The molecule has 31 heavy (non-hydrogen) atoms. The Labute approximate surface area is 181 Å². The van der Waals surface area contributed by atoms with Gasteiger partial charge in [0.15, 0.2) is 0 Å². The number of ether oxygens (including phenoxy) is 3. The molecule has 2 unspecified atom stereocenters. The lowest BCUT2D eigenvalue weighted by molar-refractivity contribution is -0.0505. The van der Waals surface area contributed by atoms with Crippen molar-refractivity contribution in [1.29, 1.82) is 0 Å². The van der Waals surface area contributed by atoms with Gasteiger partial charge in [0.1, 0.15) is 11.5 Å². The third-order valence-corrected chi connectivity index (χ3v) is 4.92. The molecule has 0 bridgehead atoms. The van der Waals surface area contributed by atoms with E-state index >= 15 is 0 Å². The zero-order valence-electron chi connectivity index (χ0n) is 17.9. The van der Waals surface area contributed by atoms with Crippen LogP contribution < -0.4 is 9.47 Å². The molecule has 7 heteroatoms. The zero-order valence-corrected chi connectivity index (χ0v) is 17.9. The fourth-order valence-corrected chi connectivity index (χ4v) is 3.33. The number of rotatable bonds is 14. The Morgan fingerprint density at radius 1 is 0.613 bits per heavy atom. The maximum absolute atomic E-state index is 12.4. The summed E-state index contributed by atoms with van der Waals surface area (Å²) in [5, 5.41) is 0. The molecule has 0 aliphatic rings. The molecule has 2 atom stereocenters. The van der Waals surface area contributed by atoms with E-state index in [9.17, 15) is 17.6 Å². The van der Waals surface area contributed by atoms with E-state index in [0.717, 1.165) is 49.7 Å². The van der Waals surface area contributed by atoms with Gasteiger partial charge in [0, 0.05) is 0 Å². The van der Waals surface area contributed by atoms with Crippen LogP contribution in [0.15, 0.2) is 48.5 Å². The molecular weight excluding hydrogens is 412 g/mol. The minimum absolute atomic E-state index is 0.102. The summed E-state index contributed by atoms with van der Waals surface area (Å²) in [7, 11) is 0. The highest BCUT2D eigenvalue weighted by Crippen LogP contribution is 2.35. The smallest absolute Gasteiger partial charge is 0.387 e. The number of hydrogen-bond acceptors (Lipinski definition) is 3. The van der Waals surface area contributed by atoms with Crippen LogP contribution in [-0.4, -0.2) is 13.2 Å². The van der Waals surface area contributed by atoms with Crippen molar-refractivity contribution < 1.29 is 31.8 Å². The van der Waals surface area contributed by atoms with E-state index in [4.69, 9.17) is 4.74 Å². The van der Waals surface area contributed by atoms with Gasteiger partial charge < -0.3 is 14.2 Å². The molecule has 0 aliphatic heterocycles. The summed E-state index contributed by atoms with van der Waals surface area (Å²) in [6, 6.07) is 13.0. The molecule has 0 aliphatic carbocycles. The van der Waals surface area contributed by atoms with Crippen molar-refractivity contribution in [2.75, 3.05) is 0 Å². The molecule has 0 amide bonds. The fraction of sp³-hybridized carbons (Fsp3) is 0.500. The van der Waals surface area contributed by atoms with Crippen molar-refractivity contribution in [1.82, 2.24) is 0 Å². The number of halogens is 4. The molecule has 0 N–H and O–H groups in total. The quantitative estimate of drug-likeness (QED) is 0.277. The molecule has 0 fully saturated rings. The maximum atomic E-state index is 12.4. The minimum Gasteiger partial charge on any atom is -0.435 e. The highest BCUT2D eigenvalue weighted by Gasteiger charge is 2.20. The number of benzene rings is 2. The predicted octanol–water partition coefficient (Wildman–Crippen LogP) is 8.07. The van der Waals surface area contributed by atoms with Gasteiger partial charge >= 0.3 is 13.2 Å². The molecule has 0 saturated carbocycles. The van der Waals surface area contributed by atoms with Gasteiger partial charge in [0.05, 0.1) is 12.2 Å². The molecule has 172 valence electrons. The second-order valence-electron chi connectivity index (χ2n) is 7.29. The first-order chi connectivity index (χ1) is 14.9. The Morgan fingerprint density at radius 2 is 0.968 bits per heavy atom. The summed E-state index contributed by atoms with van der Waals surface area (Å²) in [6.07, 6.45) is 4.99. The Morgan fingerprint density at radius 3 is 1.26 bits per heavy atom. The fourth-order valence-electron chi connectivity index (χ4n) is 3.33. The monoisotopic (exact) mass is 442 g/mol. The van der Waals surface area contributed by atoms with Gasteiger partial charge in [-0.05, 0) is 48.2 Å². The summed E-state index contributed by atoms with van der Waals surface area (Å²) < 4.78 is 65.1. The van der Waals surface area contributed by atoms with Crippen LogP contribution in [0.3, 0.4) is 0 Å². The summed E-state index contributed by atoms with van der Waals surface area (Å²) >= 11 is 0. The van der Waals surface area contributed by atoms with Crippen molar-refractivity contribution in [3.8, 4) is 11.5 Å². The van der Waals surface area contributed by atoms with Gasteiger partial charge in [-0.15, -0.1) is 0 Å². The van der Waals surface area contributed by atoms with Crippen LogP contribution in [0.5, 0.6) is 11.5 Å². The molecule has 0 spiro atoms.